The van der Waals surface area contributed by atoms with E-state index in [1.165, 1.54) is 19.1 Å². The maximum absolute atomic E-state index is 12.3. The standard InChI is InChI=1S/C11H11F3O2/c1-7(15)10(16)6-8-3-2-4-9(5-8)11(12,13)14/h2-5,7,15H,6H2,1H3. The van der Waals surface area contributed by atoms with Gasteiger partial charge in [-0.15, -0.1) is 0 Å². The molecule has 1 rings (SSSR count). The van der Waals surface area contributed by atoms with Crippen LogP contribution in [0.4, 0.5) is 13.2 Å². The molecule has 88 valence electrons. The van der Waals surface area contributed by atoms with Gasteiger partial charge in [0.25, 0.3) is 0 Å². The molecule has 0 saturated carbocycles. The molecule has 0 bridgehead atoms. The highest BCUT2D eigenvalue weighted by atomic mass is 19.4. The number of carbonyl (C=O) groups is 1. The molecule has 1 aromatic carbocycles. The van der Waals surface area contributed by atoms with Gasteiger partial charge in [-0.3, -0.25) is 4.79 Å². The van der Waals surface area contributed by atoms with Gasteiger partial charge in [-0.05, 0) is 18.6 Å². The molecule has 0 fully saturated rings. The van der Waals surface area contributed by atoms with Crippen LogP contribution < -0.4 is 0 Å². The zero-order chi connectivity index (χ0) is 12.3. The summed E-state index contributed by atoms with van der Waals surface area (Å²) in [5, 5.41) is 8.94. The van der Waals surface area contributed by atoms with Gasteiger partial charge in [0, 0.05) is 6.42 Å². The molecule has 0 saturated heterocycles. The van der Waals surface area contributed by atoms with E-state index in [-0.39, 0.29) is 12.0 Å². The van der Waals surface area contributed by atoms with E-state index in [1.54, 1.807) is 0 Å². The summed E-state index contributed by atoms with van der Waals surface area (Å²) in [5.74, 6) is -0.501. The second-order valence-corrected chi connectivity index (χ2v) is 3.52. The number of carbonyl (C=O) groups excluding carboxylic acids is 1. The van der Waals surface area contributed by atoms with Crippen LogP contribution in [0.15, 0.2) is 24.3 Å². The molecule has 1 unspecified atom stereocenters. The normalized spacial score (nSPS) is 13.6. The summed E-state index contributed by atoms with van der Waals surface area (Å²) in [6.07, 6.45) is -5.76. The second-order valence-electron chi connectivity index (χ2n) is 3.52. The SMILES string of the molecule is CC(O)C(=O)Cc1cccc(C(F)(F)F)c1. The largest absolute Gasteiger partial charge is 0.416 e. The first kappa shape index (κ1) is 12.7. The molecule has 0 aliphatic carbocycles. The van der Waals surface area contributed by atoms with Gasteiger partial charge in [-0.2, -0.15) is 13.2 Å². The first-order valence-corrected chi connectivity index (χ1v) is 4.67. The van der Waals surface area contributed by atoms with Crippen molar-refractivity contribution in [3.8, 4) is 0 Å². The van der Waals surface area contributed by atoms with E-state index in [9.17, 15) is 18.0 Å². The van der Waals surface area contributed by atoms with Crippen molar-refractivity contribution in [2.45, 2.75) is 25.6 Å². The Morgan fingerprint density at radius 2 is 2.06 bits per heavy atom. The van der Waals surface area contributed by atoms with Crippen molar-refractivity contribution in [3.63, 3.8) is 0 Å². The van der Waals surface area contributed by atoms with Crippen molar-refractivity contribution in [1.82, 2.24) is 0 Å². The molecule has 1 N–H and O–H groups in total. The van der Waals surface area contributed by atoms with Crippen LogP contribution >= 0.6 is 0 Å². The lowest BCUT2D eigenvalue weighted by molar-refractivity contribution is -0.137. The molecule has 16 heavy (non-hydrogen) atoms. The summed E-state index contributed by atoms with van der Waals surface area (Å²) in [4.78, 5) is 11.1. The fourth-order valence-electron chi connectivity index (χ4n) is 1.21. The minimum absolute atomic E-state index is 0.193. The Labute approximate surface area is 90.7 Å². The summed E-state index contributed by atoms with van der Waals surface area (Å²) in [7, 11) is 0. The summed E-state index contributed by atoms with van der Waals surface area (Å²) in [6.45, 7) is 1.29. The summed E-state index contributed by atoms with van der Waals surface area (Å²) >= 11 is 0. The lowest BCUT2D eigenvalue weighted by Gasteiger charge is -2.09. The Bertz CT molecular complexity index is 383. The third-order valence-corrected chi connectivity index (χ3v) is 2.10. The van der Waals surface area contributed by atoms with Crippen LogP contribution in [0, 0.1) is 0 Å². The smallest absolute Gasteiger partial charge is 0.386 e. The summed E-state index contributed by atoms with van der Waals surface area (Å²) in [5.41, 5.74) is -0.538. The lowest BCUT2D eigenvalue weighted by Crippen LogP contribution is -2.18. The molecule has 0 heterocycles. The van der Waals surface area contributed by atoms with Gasteiger partial charge in [0.05, 0.1) is 5.56 Å². The predicted molar refractivity (Wildman–Crippen MR) is 51.8 cm³/mol. The highest BCUT2D eigenvalue weighted by Gasteiger charge is 2.30. The number of benzene rings is 1. The van der Waals surface area contributed by atoms with Crippen molar-refractivity contribution in [2.75, 3.05) is 0 Å². The van der Waals surface area contributed by atoms with Crippen molar-refractivity contribution in [3.05, 3.63) is 35.4 Å². The first-order chi connectivity index (χ1) is 7.30. The Hall–Kier alpha value is -1.36. The van der Waals surface area contributed by atoms with Gasteiger partial charge in [-0.1, -0.05) is 18.2 Å². The lowest BCUT2D eigenvalue weighted by atomic mass is 10.0. The summed E-state index contributed by atoms with van der Waals surface area (Å²) in [6, 6.07) is 4.53. The second kappa shape index (κ2) is 4.65. The minimum Gasteiger partial charge on any atom is -0.386 e. The molecule has 5 heteroatoms. The average Bonchev–Trinajstić information content (AvgIpc) is 2.16. The average molecular weight is 232 g/mol. The van der Waals surface area contributed by atoms with E-state index < -0.39 is 23.6 Å². The Balaban J connectivity index is 2.88. The fourth-order valence-corrected chi connectivity index (χ4v) is 1.21. The molecule has 2 nitrogen and oxygen atoms in total. The molecule has 1 atom stereocenters. The molecule has 0 spiro atoms. The van der Waals surface area contributed by atoms with Crippen molar-refractivity contribution in [2.24, 2.45) is 0 Å². The first-order valence-electron chi connectivity index (χ1n) is 4.67. The van der Waals surface area contributed by atoms with Crippen LogP contribution in [-0.2, 0) is 17.4 Å². The number of Topliss-reactive ketones (excluding diaryl/α,β-unsaturated/α-hetero) is 1. The fraction of sp³-hybridized carbons (Fsp3) is 0.364. The van der Waals surface area contributed by atoms with Gasteiger partial charge in [-0.25, -0.2) is 0 Å². The van der Waals surface area contributed by atoms with E-state index in [4.69, 9.17) is 5.11 Å². The van der Waals surface area contributed by atoms with E-state index >= 15 is 0 Å². The van der Waals surface area contributed by atoms with Crippen LogP contribution in [0.1, 0.15) is 18.1 Å². The number of aliphatic hydroxyl groups is 1. The third kappa shape index (κ3) is 3.34. The third-order valence-electron chi connectivity index (χ3n) is 2.10. The van der Waals surface area contributed by atoms with Gasteiger partial charge >= 0.3 is 6.18 Å². The Kier molecular flexibility index (Phi) is 3.70. The van der Waals surface area contributed by atoms with Crippen LogP contribution in [0.5, 0.6) is 0 Å². The minimum atomic E-state index is -4.41. The number of ketones is 1. The van der Waals surface area contributed by atoms with Gasteiger partial charge in [0.2, 0.25) is 0 Å². The van der Waals surface area contributed by atoms with Gasteiger partial charge < -0.3 is 5.11 Å². The van der Waals surface area contributed by atoms with Crippen molar-refractivity contribution in [1.29, 1.82) is 0 Å². The van der Waals surface area contributed by atoms with Crippen LogP contribution in [0.2, 0.25) is 0 Å². The molecule has 0 radical (unpaired) electrons. The number of halogens is 3. The molecule has 0 aliphatic heterocycles. The zero-order valence-corrected chi connectivity index (χ0v) is 8.58. The maximum atomic E-state index is 12.3. The number of hydrogen-bond donors (Lipinski definition) is 1. The van der Waals surface area contributed by atoms with E-state index in [0.717, 1.165) is 12.1 Å². The van der Waals surface area contributed by atoms with Crippen molar-refractivity contribution >= 4 is 5.78 Å². The van der Waals surface area contributed by atoms with E-state index in [0.29, 0.717) is 0 Å². The van der Waals surface area contributed by atoms with Gasteiger partial charge in [0.1, 0.15) is 6.10 Å². The maximum Gasteiger partial charge on any atom is 0.416 e. The molecule has 1 aromatic rings. The summed E-state index contributed by atoms with van der Waals surface area (Å²) < 4.78 is 37.0. The molecular weight excluding hydrogens is 221 g/mol. The highest BCUT2D eigenvalue weighted by Crippen LogP contribution is 2.29. The van der Waals surface area contributed by atoms with Crippen LogP contribution in [0.3, 0.4) is 0 Å². The number of hydrogen-bond acceptors (Lipinski definition) is 2. The Morgan fingerprint density at radius 3 is 2.56 bits per heavy atom. The van der Waals surface area contributed by atoms with Crippen LogP contribution in [0.25, 0.3) is 0 Å². The molecule has 0 amide bonds. The zero-order valence-electron chi connectivity index (χ0n) is 8.58. The quantitative estimate of drug-likeness (QED) is 0.867. The topological polar surface area (TPSA) is 37.3 Å². The van der Waals surface area contributed by atoms with E-state index in [1.807, 2.05) is 0 Å². The monoisotopic (exact) mass is 232 g/mol. The van der Waals surface area contributed by atoms with E-state index in [2.05, 4.69) is 0 Å². The predicted octanol–water partition coefficient (Wildman–Crippen LogP) is 2.20. The van der Waals surface area contributed by atoms with Crippen molar-refractivity contribution < 1.29 is 23.1 Å². The highest BCUT2D eigenvalue weighted by molar-refractivity contribution is 5.84. The van der Waals surface area contributed by atoms with Crippen LogP contribution in [-0.4, -0.2) is 17.0 Å². The molecular formula is C11H11F3O2. The van der Waals surface area contributed by atoms with Gasteiger partial charge in [0.15, 0.2) is 5.78 Å². The number of alkyl halides is 3. The number of rotatable bonds is 3. The number of aliphatic hydroxyl groups excluding tert-OH is 1. The Morgan fingerprint density at radius 1 is 1.44 bits per heavy atom. The molecule has 0 aromatic heterocycles. The molecule has 0 aliphatic rings.